The summed E-state index contributed by atoms with van der Waals surface area (Å²) in [7, 11) is 2.22. The van der Waals surface area contributed by atoms with Crippen LogP contribution in [0.4, 0.5) is 5.82 Å². The molecule has 3 aromatic rings. The average molecular weight is 394 g/mol. The maximum atomic E-state index is 5.03. The van der Waals surface area contributed by atoms with E-state index in [1.165, 1.54) is 29.9 Å². The number of imidazole rings is 1. The first-order valence-corrected chi connectivity index (χ1v) is 10.9. The molecule has 0 N–H and O–H groups in total. The molecule has 2 aliphatic heterocycles. The maximum Gasteiger partial charge on any atom is 0.138 e. The van der Waals surface area contributed by atoms with Gasteiger partial charge in [-0.3, -0.25) is 18.9 Å². The Bertz CT molecular complexity index is 969. The molecule has 3 aromatic heterocycles. The summed E-state index contributed by atoms with van der Waals surface area (Å²) >= 11 is 0. The van der Waals surface area contributed by atoms with Crippen LogP contribution in [0.2, 0.25) is 0 Å². The Morgan fingerprint density at radius 1 is 1.07 bits per heavy atom. The van der Waals surface area contributed by atoms with E-state index < -0.39 is 0 Å². The molecule has 0 spiro atoms. The normalized spacial score (nSPS) is 21.4. The largest absolute Gasteiger partial charge is 0.358 e. The lowest BCUT2D eigenvalue weighted by Crippen LogP contribution is -2.46. The van der Waals surface area contributed by atoms with Crippen LogP contribution in [0.25, 0.3) is 5.65 Å². The molecular formula is C22H31N7. The Balaban J connectivity index is 1.38. The van der Waals surface area contributed by atoms with Crippen LogP contribution in [-0.4, -0.2) is 68.7 Å². The average Bonchev–Trinajstić information content (AvgIpc) is 3.49. The summed E-state index contributed by atoms with van der Waals surface area (Å²) in [6.07, 6.45) is 9.01. The molecule has 2 aliphatic rings. The number of aryl methyl sites for hydroxylation is 1. The quantitative estimate of drug-likeness (QED) is 0.667. The Labute approximate surface area is 172 Å². The lowest BCUT2D eigenvalue weighted by atomic mass is 10.1. The van der Waals surface area contributed by atoms with Gasteiger partial charge in [-0.25, -0.2) is 4.98 Å². The van der Waals surface area contributed by atoms with Crippen LogP contribution < -0.4 is 4.90 Å². The van der Waals surface area contributed by atoms with E-state index >= 15 is 0 Å². The van der Waals surface area contributed by atoms with Crippen molar-refractivity contribution in [2.24, 2.45) is 0 Å². The molecule has 0 saturated carbocycles. The zero-order valence-electron chi connectivity index (χ0n) is 17.5. The van der Waals surface area contributed by atoms with Gasteiger partial charge in [0.25, 0.3) is 0 Å². The molecule has 0 bridgehead atoms. The molecule has 0 unspecified atom stereocenters. The zero-order valence-corrected chi connectivity index (χ0v) is 17.5. The fourth-order valence-electron chi connectivity index (χ4n) is 4.69. The van der Waals surface area contributed by atoms with Crippen LogP contribution in [0.1, 0.15) is 37.1 Å². The molecule has 0 amide bonds. The Morgan fingerprint density at radius 2 is 1.93 bits per heavy atom. The third kappa shape index (κ3) is 3.65. The van der Waals surface area contributed by atoms with E-state index in [-0.39, 0.29) is 0 Å². The van der Waals surface area contributed by atoms with E-state index in [0.29, 0.717) is 6.04 Å². The third-order valence-electron chi connectivity index (χ3n) is 6.41. The van der Waals surface area contributed by atoms with Crippen molar-refractivity contribution in [2.45, 2.75) is 38.9 Å². The van der Waals surface area contributed by atoms with Crippen molar-refractivity contribution in [1.29, 1.82) is 0 Å². The minimum Gasteiger partial charge on any atom is -0.358 e. The highest BCUT2D eigenvalue weighted by atomic mass is 15.3. The number of piperazine rings is 1. The van der Waals surface area contributed by atoms with Gasteiger partial charge < -0.3 is 4.90 Å². The first-order valence-electron chi connectivity index (χ1n) is 10.9. The lowest BCUT2D eigenvalue weighted by molar-refractivity contribution is 0.0885. The fraction of sp³-hybridized carbons (Fsp3) is 0.545. The molecule has 0 aromatic carbocycles. The Kier molecular flexibility index (Phi) is 5.01. The van der Waals surface area contributed by atoms with Gasteiger partial charge in [-0.1, -0.05) is 6.07 Å². The first-order chi connectivity index (χ1) is 14.2. The summed E-state index contributed by atoms with van der Waals surface area (Å²) in [5.41, 5.74) is 3.52. The number of hydrogen-bond acceptors (Lipinski definition) is 5. The molecule has 7 nitrogen and oxygen atoms in total. The smallest absolute Gasteiger partial charge is 0.138 e. The number of pyridine rings is 1. The van der Waals surface area contributed by atoms with Crippen molar-refractivity contribution in [1.82, 2.24) is 29.0 Å². The second kappa shape index (κ2) is 7.80. The third-order valence-corrected chi connectivity index (χ3v) is 6.41. The van der Waals surface area contributed by atoms with Gasteiger partial charge in [0.1, 0.15) is 11.5 Å². The van der Waals surface area contributed by atoms with Crippen LogP contribution in [-0.2, 0) is 13.1 Å². The molecule has 2 fully saturated rings. The predicted octanol–water partition coefficient (Wildman–Crippen LogP) is 2.64. The molecule has 29 heavy (non-hydrogen) atoms. The zero-order chi connectivity index (χ0) is 19.8. The molecule has 5 heterocycles. The summed E-state index contributed by atoms with van der Waals surface area (Å²) in [6, 6.07) is 6.81. The summed E-state index contributed by atoms with van der Waals surface area (Å²) in [6.45, 7) is 9.43. The van der Waals surface area contributed by atoms with E-state index in [2.05, 4.69) is 68.8 Å². The Hall–Kier alpha value is -2.38. The molecule has 154 valence electrons. The molecule has 7 heteroatoms. The SMILES string of the molecule is CCn1cc(CN2CCN(C)[C@H](c3cn4c(N5CCCC5)cccc4n3)C2)cn1. The summed E-state index contributed by atoms with van der Waals surface area (Å²) < 4.78 is 4.30. The minimum atomic E-state index is 0.316. The van der Waals surface area contributed by atoms with Crippen LogP contribution >= 0.6 is 0 Å². The molecule has 5 rings (SSSR count). The van der Waals surface area contributed by atoms with E-state index in [9.17, 15) is 0 Å². The Morgan fingerprint density at radius 3 is 2.72 bits per heavy atom. The van der Waals surface area contributed by atoms with E-state index in [0.717, 1.165) is 51.5 Å². The lowest BCUT2D eigenvalue weighted by Gasteiger charge is -2.38. The van der Waals surface area contributed by atoms with Gasteiger partial charge in [0.2, 0.25) is 0 Å². The number of nitrogens with zero attached hydrogens (tertiary/aromatic N) is 7. The highest BCUT2D eigenvalue weighted by Gasteiger charge is 2.28. The molecule has 0 aliphatic carbocycles. The van der Waals surface area contributed by atoms with E-state index in [1.54, 1.807) is 0 Å². The maximum absolute atomic E-state index is 5.03. The van der Waals surface area contributed by atoms with E-state index in [1.807, 2.05) is 10.9 Å². The van der Waals surface area contributed by atoms with Crippen molar-refractivity contribution >= 4 is 11.5 Å². The number of fused-ring (bicyclic) bond motifs is 1. The highest BCUT2D eigenvalue weighted by Crippen LogP contribution is 2.28. The molecule has 1 atom stereocenters. The summed E-state index contributed by atoms with van der Waals surface area (Å²) in [5.74, 6) is 1.28. The van der Waals surface area contributed by atoms with Gasteiger partial charge in [-0.15, -0.1) is 0 Å². The van der Waals surface area contributed by atoms with Gasteiger partial charge in [0, 0.05) is 63.8 Å². The molecular weight excluding hydrogens is 362 g/mol. The van der Waals surface area contributed by atoms with Crippen molar-refractivity contribution in [3.63, 3.8) is 0 Å². The monoisotopic (exact) mass is 393 g/mol. The fourth-order valence-corrected chi connectivity index (χ4v) is 4.69. The van der Waals surface area contributed by atoms with Gasteiger partial charge in [0.15, 0.2) is 0 Å². The summed E-state index contributed by atoms with van der Waals surface area (Å²) in [4.78, 5) is 12.5. The van der Waals surface area contributed by atoms with Crippen molar-refractivity contribution in [3.8, 4) is 0 Å². The number of rotatable bonds is 5. The van der Waals surface area contributed by atoms with E-state index in [4.69, 9.17) is 4.98 Å². The van der Waals surface area contributed by atoms with Crippen LogP contribution in [0, 0.1) is 0 Å². The van der Waals surface area contributed by atoms with Gasteiger partial charge in [0.05, 0.1) is 17.9 Å². The predicted molar refractivity (Wildman–Crippen MR) is 115 cm³/mol. The van der Waals surface area contributed by atoms with Crippen molar-refractivity contribution in [3.05, 3.63) is 48.0 Å². The van der Waals surface area contributed by atoms with Gasteiger partial charge in [-0.2, -0.15) is 5.10 Å². The molecule has 0 radical (unpaired) electrons. The topological polar surface area (TPSA) is 44.8 Å². The number of hydrogen-bond donors (Lipinski definition) is 0. The molecule has 2 saturated heterocycles. The standard InChI is InChI=1S/C22H31N7/c1-3-28-15-18(13-23-28)14-26-12-11-25(2)20(17-26)19-16-29-21(24-19)7-6-8-22(29)27-9-4-5-10-27/h6-8,13,15-16,20H,3-5,9-12,14,17H2,1-2H3/t20-/m0/s1. The van der Waals surface area contributed by atoms with Crippen molar-refractivity contribution < 1.29 is 0 Å². The summed E-state index contributed by atoms with van der Waals surface area (Å²) in [5, 5.41) is 4.43. The van der Waals surface area contributed by atoms with Crippen LogP contribution in [0.5, 0.6) is 0 Å². The van der Waals surface area contributed by atoms with Crippen LogP contribution in [0.15, 0.2) is 36.8 Å². The van der Waals surface area contributed by atoms with Crippen LogP contribution in [0.3, 0.4) is 0 Å². The number of aromatic nitrogens is 4. The number of anilines is 1. The second-order valence-corrected chi connectivity index (χ2v) is 8.41. The van der Waals surface area contributed by atoms with Gasteiger partial charge >= 0.3 is 0 Å². The van der Waals surface area contributed by atoms with Gasteiger partial charge in [-0.05, 0) is 38.9 Å². The minimum absolute atomic E-state index is 0.316. The number of likely N-dealkylation sites (N-methyl/N-ethyl adjacent to an activating group) is 1. The van der Waals surface area contributed by atoms with Crippen molar-refractivity contribution in [2.75, 3.05) is 44.7 Å². The first kappa shape index (κ1) is 18.6. The highest BCUT2D eigenvalue weighted by molar-refractivity contribution is 5.53. The second-order valence-electron chi connectivity index (χ2n) is 8.41.